The summed E-state index contributed by atoms with van der Waals surface area (Å²) in [7, 11) is 1.60. The van der Waals surface area contributed by atoms with Crippen molar-refractivity contribution in [1.82, 2.24) is 9.47 Å². The molecule has 0 fully saturated rings. The lowest BCUT2D eigenvalue weighted by Gasteiger charge is -2.22. The summed E-state index contributed by atoms with van der Waals surface area (Å²) in [5, 5.41) is 9.92. The molecule has 1 N–H and O–H groups in total. The fourth-order valence-corrected chi connectivity index (χ4v) is 5.54. The molecule has 2 heterocycles. The van der Waals surface area contributed by atoms with Crippen LogP contribution in [-0.2, 0) is 6.42 Å². The number of pyridine rings is 1. The number of rotatable bonds is 4. The summed E-state index contributed by atoms with van der Waals surface area (Å²) in [5.74, 6) is -0.378. The fourth-order valence-electron chi connectivity index (χ4n) is 3.98. The van der Waals surface area contributed by atoms with Crippen molar-refractivity contribution in [3.05, 3.63) is 92.4 Å². The third-order valence-electron chi connectivity index (χ3n) is 5.48. The first-order valence-electron chi connectivity index (χ1n) is 10.0. The van der Waals surface area contributed by atoms with Gasteiger partial charge in [-0.3, -0.25) is 9.59 Å². The predicted octanol–water partition coefficient (Wildman–Crippen LogP) is 4.25. The third kappa shape index (κ3) is 4.15. The molecule has 1 aliphatic rings. The molecule has 5 nitrogen and oxygen atoms in total. The van der Waals surface area contributed by atoms with Gasteiger partial charge in [0.1, 0.15) is 5.56 Å². The van der Waals surface area contributed by atoms with E-state index in [0.717, 1.165) is 21.8 Å². The highest BCUT2D eigenvalue weighted by molar-refractivity contribution is 7.99. The predicted molar refractivity (Wildman–Crippen MR) is 125 cm³/mol. The minimum absolute atomic E-state index is 0.00284. The highest BCUT2D eigenvalue weighted by Gasteiger charge is 2.30. The van der Waals surface area contributed by atoms with Gasteiger partial charge in [0.15, 0.2) is 5.43 Å². The van der Waals surface area contributed by atoms with E-state index < -0.39 is 0 Å². The first-order chi connectivity index (χ1) is 14.9. The first kappa shape index (κ1) is 21.7. The Morgan fingerprint density at radius 2 is 1.97 bits per heavy atom. The molecule has 0 saturated carbocycles. The van der Waals surface area contributed by atoms with Crippen LogP contribution in [0.3, 0.4) is 0 Å². The number of carbonyl (C=O) groups is 1. The Kier molecular flexibility index (Phi) is 6.23. The number of benzene rings is 2. The van der Waals surface area contributed by atoms with Crippen LogP contribution in [0.1, 0.15) is 32.6 Å². The number of nitrogens with zero attached hydrogens (tertiary/aromatic N) is 2. The number of likely N-dealkylation sites (N-methyl/N-ethyl adjacent to an activating group) is 1. The quantitative estimate of drug-likeness (QED) is 0.640. The lowest BCUT2D eigenvalue weighted by Crippen LogP contribution is -2.35. The van der Waals surface area contributed by atoms with Crippen LogP contribution in [0.25, 0.3) is 5.69 Å². The Morgan fingerprint density at radius 3 is 2.68 bits per heavy atom. The maximum Gasteiger partial charge on any atom is 0.259 e. The number of aryl methyl sites for hydroxylation is 1. The molecule has 1 aromatic heterocycles. The number of hydrogen-bond acceptors (Lipinski definition) is 4. The topological polar surface area (TPSA) is 62.5 Å². The number of halogens is 1. The monoisotopic (exact) mass is 454 g/mol. The van der Waals surface area contributed by atoms with Crippen LogP contribution in [0, 0.1) is 6.92 Å². The average molecular weight is 455 g/mol. The molecule has 3 aromatic rings. The molecular formula is C24H23ClN2O3S. The summed E-state index contributed by atoms with van der Waals surface area (Å²) in [4.78, 5) is 28.7. The zero-order chi connectivity index (χ0) is 22.1. The lowest BCUT2D eigenvalue weighted by molar-refractivity contribution is 0.0763. The van der Waals surface area contributed by atoms with Gasteiger partial charge in [-0.2, -0.15) is 0 Å². The van der Waals surface area contributed by atoms with Crippen molar-refractivity contribution in [3.8, 4) is 5.69 Å². The van der Waals surface area contributed by atoms with E-state index in [1.165, 1.54) is 11.0 Å². The van der Waals surface area contributed by atoms with E-state index in [1.807, 2.05) is 47.9 Å². The maximum atomic E-state index is 13.2. The number of aliphatic hydroxyl groups excluding tert-OH is 1. The first-order valence-corrected chi connectivity index (χ1v) is 11.3. The number of thioether (sulfide) groups is 1. The van der Waals surface area contributed by atoms with Gasteiger partial charge < -0.3 is 14.6 Å². The lowest BCUT2D eigenvalue weighted by atomic mass is 10.0. The third-order valence-corrected chi connectivity index (χ3v) is 7.02. The Balaban J connectivity index is 1.99. The summed E-state index contributed by atoms with van der Waals surface area (Å²) in [6.07, 6.45) is 0.506. The minimum atomic E-state index is -0.378. The Labute approximate surface area is 190 Å². The van der Waals surface area contributed by atoms with E-state index in [2.05, 4.69) is 12.1 Å². The molecule has 1 amide bonds. The van der Waals surface area contributed by atoms with Crippen molar-refractivity contribution < 1.29 is 9.90 Å². The molecule has 4 rings (SSSR count). The van der Waals surface area contributed by atoms with Crippen LogP contribution >= 0.6 is 23.4 Å². The molecule has 0 radical (unpaired) electrons. The molecule has 1 atom stereocenters. The molecule has 0 saturated heterocycles. The van der Waals surface area contributed by atoms with Crippen LogP contribution < -0.4 is 5.43 Å². The van der Waals surface area contributed by atoms with Crippen LogP contribution in [0.2, 0.25) is 5.02 Å². The summed E-state index contributed by atoms with van der Waals surface area (Å²) in [5.41, 5.74) is 3.32. The van der Waals surface area contributed by atoms with Gasteiger partial charge in [0.05, 0.1) is 12.3 Å². The molecular weight excluding hydrogens is 432 g/mol. The smallest absolute Gasteiger partial charge is 0.259 e. The van der Waals surface area contributed by atoms with E-state index >= 15 is 0 Å². The van der Waals surface area contributed by atoms with E-state index in [-0.39, 0.29) is 35.3 Å². The minimum Gasteiger partial charge on any atom is -0.395 e. The van der Waals surface area contributed by atoms with Crippen molar-refractivity contribution in [2.45, 2.75) is 23.5 Å². The van der Waals surface area contributed by atoms with Crippen molar-refractivity contribution in [1.29, 1.82) is 0 Å². The number of hydrogen-bond donors (Lipinski definition) is 1. The van der Waals surface area contributed by atoms with Gasteiger partial charge in [-0.25, -0.2) is 0 Å². The summed E-state index contributed by atoms with van der Waals surface area (Å²) < 4.78 is 2.00. The van der Waals surface area contributed by atoms with Crippen molar-refractivity contribution in [2.75, 3.05) is 20.2 Å². The Morgan fingerprint density at radius 1 is 1.23 bits per heavy atom. The highest BCUT2D eigenvalue weighted by Crippen LogP contribution is 2.45. The molecule has 0 aliphatic carbocycles. The van der Waals surface area contributed by atoms with Crippen molar-refractivity contribution >= 4 is 29.3 Å². The van der Waals surface area contributed by atoms with Gasteiger partial charge in [-0.05, 0) is 30.7 Å². The molecule has 7 heteroatoms. The molecule has 0 bridgehead atoms. The zero-order valence-electron chi connectivity index (χ0n) is 17.3. The van der Waals surface area contributed by atoms with Gasteiger partial charge in [-0.15, -0.1) is 11.8 Å². The molecule has 0 spiro atoms. The molecule has 160 valence electrons. The van der Waals surface area contributed by atoms with Crippen LogP contribution in [0.5, 0.6) is 0 Å². The Hall–Kier alpha value is -2.54. The maximum absolute atomic E-state index is 13.2. The SMILES string of the molecule is Cc1cc(=O)c(C(=O)N(C)CCO)c2n1-c1ccc(Cl)cc1SC(c1ccccc1)C2. The second kappa shape index (κ2) is 8.91. The summed E-state index contributed by atoms with van der Waals surface area (Å²) in [6.45, 7) is 1.87. The number of aliphatic hydroxyl groups is 1. The van der Waals surface area contributed by atoms with Crippen molar-refractivity contribution in [2.24, 2.45) is 0 Å². The van der Waals surface area contributed by atoms with Crippen molar-refractivity contribution in [3.63, 3.8) is 0 Å². The van der Waals surface area contributed by atoms with Gasteiger partial charge >= 0.3 is 0 Å². The van der Waals surface area contributed by atoms with Crippen LogP contribution in [-0.4, -0.2) is 40.7 Å². The number of amides is 1. The van der Waals surface area contributed by atoms with E-state index in [9.17, 15) is 14.7 Å². The summed E-state index contributed by atoms with van der Waals surface area (Å²) in [6, 6.07) is 17.3. The standard InChI is InChI=1S/C24H23ClN2O3S/c1-15-12-20(29)23(24(30)26(2)10-11-28)19-14-21(16-6-4-3-5-7-16)31-22-13-17(25)8-9-18(22)27(15)19/h3-9,12-13,21,28H,10-11,14H2,1-2H3. The molecule has 2 aromatic carbocycles. The second-order valence-electron chi connectivity index (χ2n) is 7.59. The molecule has 1 unspecified atom stereocenters. The van der Waals surface area contributed by atoms with Gasteiger partial charge in [0, 0.05) is 52.6 Å². The van der Waals surface area contributed by atoms with E-state index in [1.54, 1.807) is 18.8 Å². The molecule has 31 heavy (non-hydrogen) atoms. The number of fused-ring (bicyclic) bond motifs is 3. The van der Waals surface area contributed by atoms with Crippen LogP contribution in [0.15, 0.2) is 64.3 Å². The zero-order valence-corrected chi connectivity index (χ0v) is 18.9. The average Bonchev–Trinajstić information content (AvgIpc) is 2.91. The summed E-state index contributed by atoms with van der Waals surface area (Å²) >= 11 is 8.00. The van der Waals surface area contributed by atoms with Gasteiger partial charge in [0.25, 0.3) is 5.91 Å². The van der Waals surface area contributed by atoms with E-state index in [0.29, 0.717) is 17.1 Å². The molecule has 1 aliphatic heterocycles. The van der Waals surface area contributed by atoms with E-state index in [4.69, 9.17) is 11.6 Å². The van der Waals surface area contributed by atoms with Crippen LogP contribution in [0.4, 0.5) is 0 Å². The fraction of sp³-hybridized carbons (Fsp3) is 0.250. The Bertz CT molecular complexity index is 1190. The van der Waals surface area contributed by atoms with Gasteiger partial charge in [-0.1, -0.05) is 41.9 Å². The second-order valence-corrected chi connectivity index (χ2v) is 9.27. The highest BCUT2D eigenvalue weighted by atomic mass is 35.5. The largest absolute Gasteiger partial charge is 0.395 e. The number of carbonyl (C=O) groups excluding carboxylic acids is 1. The number of aromatic nitrogens is 1. The van der Waals surface area contributed by atoms with Gasteiger partial charge in [0.2, 0.25) is 0 Å². The normalized spacial score (nSPS) is 15.0.